The molecule has 1 atom stereocenters. The summed E-state index contributed by atoms with van der Waals surface area (Å²) in [6, 6.07) is 25.5. The van der Waals surface area contributed by atoms with Crippen molar-refractivity contribution in [3.63, 3.8) is 0 Å². The van der Waals surface area contributed by atoms with Gasteiger partial charge in [-0.25, -0.2) is 0 Å². The van der Waals surface area contributed by atoms with Gasteiger partial charge in [-0.2, -0.15) is 0 Å². The van der Waals surface area contributed by atoms with E-state index in [0.717, 1.165) is 18.3 Å². The Bertz CT molecular complexity index is 1160. The maximum Gasteiger partial charge on any atom is -1.00 e. The molecule has 0 saturated carbocycles. The van der Waals surface area contributed by atoms with Gasteiger partial charge in [-0.15, -0.1) is 0 Å². The van der Waals surface area contributed by atoms with E-state index in [9.17, 15) is 0 Å². The number of hydrogen-bond donors (Lipinski definition) is 0. The Morgan fingerprint density at radius 2 is 1.44 bits per heavy atom. The van der Waals surface area contributed by atoms with Crippen molar-refractivity contribution in [1.82, 2.24) is 0 Å². The third-order valence-electron chi connectivity index (χ3n) is 6.59. The summed E-state index contributed by atoms with van der Waals surface area (Å²) in [5, 5.41) is 1.82. The van der Waals surface area contributed by atoms with E-state index in [4.69, 9.17) is 0 Å². The molecule has 3 aromatic rings. The van der Waals surface area contributed by atoms with Crippen LogP contribution >= 0.6 is 7.92 Å². The summed E-state index contributed by atoms with van der Waals surface area (Å²) in [5.74, 6) is 1.54. The summed E-state index contributed by atoms with van der Waals surface area (Å²) in [4.78, 5) is 0. The molecule has 0 aliphatic heterocycles. The molecule has 1 unspecified atom stereocenters. The van der Waals surface area contributed by atoms with Crippen molar-refractivity contribution in [2.24, 2.45) is 11.8 Å². The van der Waals surface area contributed by atoms with E-state index in [1.807, 2.05) is 5.31 Å². The molecule has 2 aliphatic rings. The van der Waals surface area contributed by atoms with Gasteiger partial charge in [0.2, 0.25) is 0 Å². The largest absolute Gasteiger partial charge is 1.00 e. The fraction of sp³-hybridized carbons (Fsp3) is 0.333. The molecule has 34 heavy (non-hydrogen) atoms. The van der Waals surface area contributed by atoms with Crippen LogP contribution in [0.1, 0.15) is 53.6 Å². The number of fused-ring (bicyclic) bond motifs is 4. The molecule has 0 bridgehead atoms. The molecule has 176 valence electrons. The molecule has 4 heteroatoms. The van der Waals surface area contributed by atoms with Crippen molar-refractivity contribution in [3.05, 3.63) is 94.3 Å². The Morgan fingerprint density at radius 3 is 2.18 bits per heavy atom. The molecule has 0 nitrogen and oxygen atoms in total. The van der Waals surface area contributed by atoms with Crippen LogP contribution in [-0.4, -0.2) is 12.3 Å². The molecule has 0 fully saturated rings. The van der Waals surface area contributed by atoms with Gasteiger partial charge in [0, 0.05) is 0 Å². The number of hydrogen-bond acceptors (Lipinski definition) is 0. The quantitative estimate of drug-likeness (QED) is 0.290. The Labute approximate surface area is 231 Å². The summed E-state index contributed by atoms with van der Waals surface area (Å²) >= 11 is -0.854. The van der Waals surface area contributed by atoms with E-state index in [0.29, 0.717) is 3.63 Å². The van der Waals surface area contributed by atoms with E-state index in [1.165, 1.54) is 34.6 Å². The monoisotopic (exact) mass is 584 g/mol. The molecule has 0 saturated heterocycles. The maximum absolute atomic E-state index is 2.62. The van der Waals surface area contributed by atoms with Gasteiger partial charge in [0.15, 0.2) is 0 Å². The molecule has 0 amide bonds. The second-order valence-electron chi connectivity index (χ2n) is 10.1. The predicted molar refractivity (Wildman–Crippen MR) is 138 cm³/mol. The summed E-state index contributed by atoms with van der Waals surface area (Å²) in [6.07, 6.45) is 6.50. The van der Waals surface area contributed by atoms with Crippen molar-refractivity contribution in [2.45, 2.75) is 37.7 Å². The molecule has 0 heterocycles. The summed E-state index contributed by atoms with van der Waals surface area (Å²) < 4.78 is 2.42. The van der Waals surface area contributed by atoms with E-state index in [-0.39, 0.29) is 32.7 Å². The summed E-state index contributed by atoms with van der Waals surface area (Å²) in [5.41, 5.74) is 9.25. The zero-order chi connectivity index (χ0) is 22.2. The van der Waals surface area contributed by atoms with Crippen LogP contribution in [0.3, 0.4) is 0 Å². The van der Waals surface area contributed by atoms with Gasteiger partial charge in [-0.1, -0.05) is 0 Å². The van der Waals surface area contributed by atoms with Crippen LogP contribution in [-0.2, 0) is 29.7 Å². The topological polar surface area (TPSA) is 0 Å². The van der Waals surface area contributed by atoms with Crippen LogP contribution in [0, 0.1) is 11.8 Å². The van der Waals surface area contributed by atoms with Gasteiger partial charge in [-0.05, 0) is 0 Å². The second kappa shape index (κ2) is 12.0. The average molecular weight is 587 g/mol. The second-order valence-corrected chi connectivity index (χ2v) is 15.9. The van der Waals surface area contributed by atoms with Crippen molar-refractivity contribution in [3.8, 4) is 11.1 Å². The first kappa shape index (κ1) is 27.9. The molecule has 2 aliphatic carbocycles. The summed E-state index contributed by atoms with van der Waals surface area (Å²) in [6.45, 7) is 9.65. The van der Waals surface area contributed by atoms with Gasteiger partial charge in [0.1, 0.15) is 0 Å². The fourth-order valence-electron chi connectivity index (χ4n) is 5.35. The first-order chi connectivity index (χ1) is 15.5. The Morgan fingerprint density at radius 1 is 0.794 bits per heavy atom. The average Bonchev–Trinajstić information content (AvgIpc) is 3.32. The minimum atomic E-state index is -0.854. The number of benzene rings is 3. The fourth-order valence-corrected chi connectivity index (χ4v) is 14.0. The van der Waals surface area contributed by atoms with Crippen LogP contribution in [0.4, 0.5) is 0 Å². The van der Waals surface area contributed by atoms with Gasteiger partial charge in [0.25, 0.3) is 0 Å². The molecular weight excluding hydrogens is 553 g/mol. The van der Waals surface area contributed by atoms with E-state index in [1.54, 1.807) is 14.4 Å². The molecule has 0 aromatic heterocycles. The van der Waals surface area contributed by atoms with Crippen LogP contribution in [0.2, 0.25) is 0 Å². The number of halogens is 2. The minimum absolute atomic E-state index is 0. The summed E-state index contributed by atoms with van der Waals surface area (Å²) in [7, 11) is -0.0715. The molecule has 3 aromatic carbocycles. The van der Waals surface area contributed by atoms with Gasteiger partial charge >= 0.3 is 208 Å². The Balaban J connectivity index is 0.00000162. The van der Waals surface area contributed by atoms with E-state index in [2.05, 4.69) is 101 Å². The molecule has 5 rings (SSSR count). The van der Waals surface area contributed by atoms with Crippen LogP contribution < -0.4 is 28.1 Å². The molecule has 0 radical (unpaired) electrons. The SMILES string of the molecule is CC(C)CP(CC(C)C)C1=Cc2ccccc2[CH]1[Zr+2][c]1cccc2c1Cc1ccccc1-2.[Cl-].[Cl-]. The first-order valence-corrected chi connectivity index (χ1v) is 16.4. The third-order valence-corrected chi connectivity index (χ3v) is 14.8. The van der Waals surface area contributed by atoms with Gasteiger partial charge in [-0.3, -0.25) is 0 Å². The van der Waals surface area contributed by atoms with Gasteiger partial charge < -0.3 is 24.8 Å². The van der Waals surface area contributed by atoms with E-state index >= 15 is 0 Å². The molecule has 0 N–H and O–H groups in total. The maximum atomic E-state index is 2.62. The van der Waals surface area contributed by atoms with Crippen molar-refractivity contribution >= 4 is 17.3 Å². The zero-order valence-corrected chi connectivity index (χ0v) is 25.3. The Hall–Kier alpha value is -0.707. The number of rotatable bonds is 7. The normalized spacial score (nSPS) is 15.3. The molecular formula is C30H33Cl2PZr. The minimum Gasteiger partial charge on any atom is -1.00 e. The van der Waals surface area contributed by atoms with Crippen molar-refractivity contribution < 1.29 is 48.0 Å². The smallest absolute Gasteiger partial charge is 1.00 e. The predicted octanol–water partition coefficient (Wildman–Crippen LogP) is 1.86. The Kier molecular flexibility index (Phi) is 9.85. The van der Waals surface area contributed by atoms with Crippen LogP contribution in [0.25, 0.3) is 17.2 Å². The van der Waals surface area contributed by atoms with Gasteiger partial charge in [0.05, 0.1) is 0 Å². The first-order valence-electron chi connectivity index (χ1n) is 12.0. The van der Waals surface area contributed by atoms with E-state index < -0.39 is 23.2 Å². The third kappa shape index (κ3) is 5.65. The molecule has 0 spiro atoms. The number of allylic oxidation sites excluding steroid dienone is 1. The van der Waals surface area contributed by atoms with Crippen LogP contribution in [0.5, 0.6) is 0 Å². The van der Waals surface area contributed by atoms with Crippen LogP contribution in [0.15, 0.2) is 72.0 Å². The zero-order valence-electron chi connectivity index (χ0n) is 20.5. The van der Waals surface area contributed by atoms with Crippen molar-refractivity contribution in [1.29, 1.82) is 0 Å². The standard InChI is InChI=1S/C17H24P.C13H9.2ClH.Zr/c1-13(2)11-18(12-14(3)4)17-9-15-7-5-6-8-16(15)10-17;1-3-7-12-10(5-1)9-11-6-2-4-8-13(11)12;;;/h5-10,13-14H,11-12H2,1-4H3;1-5,7-8H,9H2;2*1H;/q;;;;+2/p-2. The van der Waals surface area contributed by atoms with Crippen molar-refractivity contribution in [2.75, 3.05) is 12.3 Å².